The van der Waals surface area contributed by atoms with Crippen LogP contribution in [0.5, 0.6) is 0 Å². The first-order valence-electron chi connectivity index (χ1n) is 8.96. The number of hydrogen-bond donors (Lipinski definition) is 1. The van der Waals surface area contributed by atoms with E-state index in [1.807, 2.05) is 0 Å². The molecule has 0 aliphatic heterocycles. The number of hydrogen-bond acceptors (Lipinski definition) is 3. The molecule has 4 nitrogen and oxygen atoms in total. The summed E-state index contributed by atoms with van der Waals surface area (Å²) in [6.07, 6.45) is 0. The van der Waals surface area contributed by atoms with Crippen molar-refractivity contribution in [3.8, 4) is 0 Å². The molecule has 30 heavy (non-hydrogen) atoms. The van der Waals surface area contributed by atoms with Crippen molar-refractivity contribution in [2.24, 2.45) is 0 Å². The van der Waals surface area contributed by atoms with E-state index in [-0.39, 0.29) is 17.0 Å². The van der Waals surface area contributed by atoms with E-state index < -0.39 is 28.7 Å². The molecule has 0 spiro atoms. The smallest absolute Gasteiger partial charge is 0.247 e. The molecule has 7 heteroatoms. The predicted molar refractivity (Wildman–Crippen MR) is 110 cm³/mol. The quantitative estimate of drug-likeness (QED) is 0.322. The van der Waals surface area contributed by atoms with Gasteiger partial charge in [0.25, 0.3) is 0 Å². The molecule has 0 aliphatic rings. The number of rotatable bonds is 5. The molecule has 3 aromatic carbocycles. The van der Waals surface area contributed by atoms with E-state index in [9.17, 15) is 18.4 Å². The third kappa shape index (κ3) is 3.82. The number of carbonyl (C=O) groups excluding carboxylic acids is 2. The van der Waals surface area contributed by atoms with E-state index in [2.05, 4.69) is 5.32 Å². The molecule has 150 valence electrons. The van der Waals surface area contributed by atoms with Gasteiger partial charge in [0.2, 0.25) is 11.7 Å². The first-order valence-corrected chi connectivity index (χ1v) is 9.40. The number of fused-ring (bicyclic) bond motifs is 1. The summed E-state index contributed by atoms with van der Waals surface area (Å²) in [5.41, 5.74) is 1.16. The molecule has 0 radical (unpaired) electrons. The van der Waals surface area contributed by atoms with Crippen LogP contribution >= 0.6 is 11.6 Å². The van der Waals surface area contributed by atoms with E-state index in [0.29, 0.717) is 16.5 Å². The molecular formula is C23H14ClF2NO3. The van der Waals surface area contributed by atoms with E-state index in [4.69, 9.17) is 16.0 Å². The van der Waals surface area contributed by atoms with Gasteiger partial charge in [-0.05, 0) is 54.1 Å². The number of benzene rings is 3. The molecular weight excluding hydrogens is 412 g/mol. The van der Waals surface area contributed by atoms with E-state index in [1.54, 1.807) is 24.3 Å². The standard InChI is InChI=1S/C23H14ClF2NO3/c24-19(13-5-9-15(25)10-6-13)23(29)27-20-17-3-1-2-4-18(17)30-22(20)21(28)14-7-11-16(26)12-8-14/h1-12,19H,(H,27,29). The zero-order valence-electron chi connectivity index (χ0n) is 15.4. The molecule has 1 amide bonds. The van der Waals surface area contributed by atoms with Crippen LogP contribution in [0.3, 0.4) is 0 Å². The summed E-state index contributed by atoms with van der Waals surface area (Å²) in [5, 5.41) is 2.05. The molecule has 0 bridgehead atoms. The highest BCUT2D eigenvalue weighted by atomic mass is 35.5. The highest BCUT2D eigenvalue weighted by Gasteiger charge is 2.26. The molecule has 1 unspecified atom stereocenters. The molecule has 1 aromatic heterocycles. The first kappa shape index (κ1) is 19.8. The van der Waals surface area contributed by atoms with E-state index in [0.717, 1.165) is 12.1 Å². The Bertz CT molecular complexity index is 1230. The Labute approximate surface area is 175 Å². The van der Waals surface area contributed by atoms with Gasteiger partial charge >= 0.3 is 0 Å². The number of ketones is 1. The Morgan fingerprint density at radius 1 is 0.867 bits per heavy atom. The second-order valence-electron chi connectivity index (χ2n) is 6.54. The lowest BCUT2D eigenvalue weighted by Crippen LogP contribution is -2.18. The molecule has 1 N–H and O–H groups in total. The maximum absolute atomic E-state index is 13.2. The van der Waals surface area contributed by atoms with Gasteiger partial charge in [-0.1, -0.05) is 24.3 Å². The zero-order chi connectivity index (χ0) is 21.3. The van der Waals surface area contributed by atoms with Gasteiger partial charge in [0.15, 0.2) is 5.76 Å². The fourth-order valence-corrected chi connectivity index (χ4v) is 3.23. The Hall–Kier alpha value is -3.51. The lowest BCUT2D eigenvalue weighted by Gasteiger charge is -2.11. The van der Waals surface area contributed by atoms with Crippen LogP contribution in [0.25, 0.3) is 11.0 Å². The van der Waals surface area contributed by atoms with E-state index in [1.165, 1.54) is 36.4 Å². The number of alkyl halides is 1. The average Bonchev–Trinajstić information content (AvgIpc) is 3.12. The summed E-state index contributed by atoms with van der Waals surface area (Å²) in [6.45, 7) is 0. The average molecular weight is 426 g/mol. The van der Waals surface area contributed by atoms with Gasteiger partial charge < -0.3 is 9.73 Å². The van der Waals surface area contributed by atoms with Crippen LogP contribution < -0.4 is 5.32 Å². The summed E-state index contributed by atoms with van der Waals surface area (Å²) in [4.78, 5) is 25.7. The molecule has 1 heterocycles. The fourth-order valence-electron chi connectivity index (χ4n) is 3.03. The van der Waals surface area contributed by atoms with Crippen LogP contribution in [0.1, 0.15) is 27.1 Å². The minimum Gasteiger partial charge on any atom is -0.450 e. The van der Waals surface area contributed by atoms with Crippen molar-refractivity contribution in [1.29, 1.82) is 0 Å². The van der Waals surface area contributed by atoms with Crippen molar-refractivity contribution >= 4 is 39.9 Å². The number of anilines is 1. The summed E-state index contributed by atoms with van der Waals surface area (Å²) < 4.78 is 32.1. The lowest BCUT2D eigenvalue weighted by molar-refractivity contribution is -0.116. The number of furan rings is 1. The lowest BCUT2D eigenvalue weighted by atomic mass is 10.1. The van der Waals surface area contributed by atoms with Crippen LogP contribution in [0.4, 0.5) is 14.5 Å². The Balaban J connectivity index is 1.71. The molecule has 4 aromatic rings. The monoisotopic (exact) mass is 425 g/mol. The molecule has 4 rings (SSSR count). The van der Waals surface area contributed by atoms with E-state index >= 15 is 0 Å². The van der Waals surface area contributed by atoms with Crippen molar-refractivity contribution in [2.75, 3.05) is 5.32 Å². The molecule has 0 saturated carbocycles. The fraction of sp³-hybridized carbons (Fsp3) is 0.0435. The highest BCUT2D eigenvalue weighted by molar-refractivity contribution is 6.33. The second-order valence-corrected chi connectivity index (χ2v) is 6.98. The van der Waals surface area contributed by atoms with Crippen LogP contribution in [-0.4, -0.2) is 11.7 Å². The van der Waals surface area contributed by atoms with Gasteiger partial charge in [-0.15, -0.1) is 11.6 Å². The van der Waals surface area contributed by atoms with Crippen molar-refractivity contribution in [3.05, 3.63) is 101 Å². The Kier molecular flexibility index (Phi) is 5.33. The predicted octanol–water partition coefficient (Wildman–Crippen LogP) is 5.86. The van der Waals surface area contributed by atoms with Crippen molar-refractivity contribution < 1.29 is 22.8 Å². The van der Waals surface area contributed by atoms with Crippen molar-refractivity contribution in [3.63, 3.8) is 0 Å². The largest absolute Gasteiger partial charge is 0.450 e. The maximum atomic E-state index is 13.2. The first-order chi connectivity index (χ1) is 14.4. The summed E-state index contributed by atoms with van der Waals surface area (Å²) in [6, 6.07) is 17.0. The van der Waals surface area contributed by atoms with Crippen LogP contribution in [0, 0.1) is 11.6 Å². The van der Waals surface area contributed by atoms with Crippen LogP contribution in [0.2, 0.25) is 0 Å². The van der Waals surface area contributed by atoms with Gasteiger partial charge in [0.1, 0.15) is 22.6 Å². The Morgan fingerprint density at radius 3 is 2.13 bits per heavy atom. The third-order valence-electron chi connectivity index (χ3n) is 4.55. The van der Waals surface area contributed by atoms with Gasteiger partial charge in [-0.3, -0.25) is 9.59 Å². The van der Waals surface area contributed by atoms with Crippen LogP contribution in [-0.2, 0) is 4.79 Å². The van der Waals surface area contributed by atoms with Crippen LogP contribution in [0.15, 0.2) is 77.2 Å². The Morgan fingerprint density at radius 2 is 1.47 bits per heavy atom. The van der Waals surface area contributed by atoms with Crippen molar-refractivity contribution in [1.82, 2.24) is 0 Å². The summed E-state index contributed by atoms with van der Waals surface area (Å²) >= 11 is 6.25. The summed E-state index contributed by atoms with van der Waals surface area (Å²) in [7, 11) is 0. The van der Waals surface area contributed by atoms with Crippen molar-refractivity contribution in [2.45, 2.75) is 5.38 Å². The minimum absolute atomic E-state index is 0.0980. The zero-order valence-corrected chi connectivity index (χ0v) is 16.1. The number of para-hydroxylation sites is 1. The number of halogens is 3. The van der Waals surface area contributed by atoms with Gasteiger partial charge in [0, 0.05) is 10.9 Å². The SMILES string of the molecule is O=C(c1ccc(F)cc1)c1oc2ccccc2c1NC(=O)C(Cl)c1ccc(F)cc1. The molecule has 1 atom stereocenters. The molecule has 0 saturated heterocycles. The van der Waals surface area contributed by atoms with Gasteiger partial charge in [-0.2, -0.15) is 0 Å². The summed E-state index contributed by atoms with van der Waals surface area (Å²) in [5.74, 6) is -2.15. The third-order valence-corrected chi connectivity index (χ3v) is 5.00. The minimum atomic E-state index is -1.12. The van der Waals surface area contributed by atoms with Gasteiger partial charge in [-0.25, -0.2) is 8.78 Å². The highest BCUT2D eigenvalue weighted by Crippen LogP contribution is 2.34. The topological polar surface area (TPSA) is 59.3 Å². The second kappa shape index (κ2) is 8.08. The number of amides is 1. The molecule has 0 fully saturated rings. The maximum Gasteiger partial charge on any atom is 0.247 e. The number of carbonyl (C=O) groups is 2. The van der Waals surface area contributed by atoms with Gasteiger partial charge in [0.05, 0.1) is 5.69 Å². The normalized spacial score (nSPS) is 12.0. The number of nitrogens with one attached hydrogen (secondary N) is 1. The molecule has 0 aliphatic carbocycles.